The van der Waals surface area contributed by atoms with Gasteiger partial charge in [-0.25, -0.2) is 0 Å². The molecule has 3 nitrogen and oxygen atoms in total. The lowest BCUT2D eigenvalue weighted by molar-refractivity contribution is 0.367. The summed E-state index contributed by atoms with van der Waals surface area (Å²) >= 11 is 0. The van der Waals surface area contributed by atoms with Gasteiger partial charge >= 0.3 is 0 Å². The van der Waals surface area contributed by atoms with Crippen molar-refractivity contribution in [3.8, 4) is 0 Å². The number of furan rings is 1. The lowest BCUT2D eigenvalue weighted by atomic mass is 10.1. The first kappa shape index (κ1) is 11.9. The minimum absolute atomic E-state index is 0.241. The zero-order valence-electron chi connectivity index (χ0n) is 9.86. The van der Waals surface area contributed by atoms with E-state index in [1.54, 1.807) is 0 Å². The van der Waals surface area contributed by atoms with Crippen LogP contribution >= 0.6 is 0 Å². The second-order valence-corrected chi connectivity index (χ2v) is 6.16. The fraction of sp³-hybridized carbons (Fsp3) is 0.667. The molecule has 0 saturated carbocycles. The van der Waals surface area contributed by atoms with E-state index in [0.717, 1.165) is 35.9 Å². The molecule has 16 heavy (non-hydrogen) atoms. The van der Waals surface area contributed by atoms with Gasteiger partial charge in [-0.15, -0.1) is 0 Å². The van der Waals surface area contributed by atoms with Crippen LogP contribution in [-0.4, -0.2) is 21.8 Å². The van der Waals surface area contributed by atoms with Crippen molar-refractivity contribution in [1.82, 2.24) is 5.32 Å². The molecule has 90 valence electrons. The van der Waals surface area contributed by atoms with E-state index in [-0.39, 0.29) is 6.04 Å². The molecule has 0 aliphatic carbocycles. The first-order chi connectivity index (χ1) is 7.65. The quantitative estimate of drug-likeness (QED) is 0.881. The van der Waals surface area contributed by atoms with E-state index in [0.29, 0.717) is 6.04 Å². The van der Waals surface area contributed by atoms with Gasteiger partial charge in [0, 0.05) is 28.3 Å². The highest BCUT2D eigenvalue weighted by molar-refractivity contribution is 7.85. The molecule has 1 N–H and O–H groups in total. The number of rotatable bonds is 3. The molecular formula is C12H19NO2S. The minimum atomic E-state index is -0.580. The third-order valence-corrected chi connectivity index (χ3v) is 4.44. The van der Waals surface area contributed by atoms with Crippen molar-refractivity contribution in [3.05, 3.63) is 23.7 Å². The zero-order chi connectivity index (χ0) is 11.5. The van der Waals surface area contributed by atoms with E-state index >= 15 is 0 Å². The average molecular weight is 241 g/mol. The molecule has 0 radical (unpaired) electrons. The van der Waals surface area contributed by atoms with Crippen LogP contribution in [-0.2, 0) is 10.8 Å². The van der Waals surface area contributed by atoms with Crippen molar-refractivity contribution in [3.63, 3.8) is 0 Å². The van der Waals surface area contributed by atoms with Crippen molar-refractivity contribution in [2.75, 3.05) is 11.5 Å². The van der Waals surface area contributed by atoms with Crippen LogP contribution < -0.4 is 5.32 Å². The molecule has 0 amide bonds. The predicted molar refractivity (Wildman–Crippen MR) is 65.9 cm³/mol. The third kappa shape index (κ3) is 2.95. The van der Waals surface area contributed by atoms with Crippen molar-refractivity contribution in [2.24, 2.45) is 0 Å². The van der Waals surface area contributed by atoms with Crippen molar-refractivity contribution in [1.29, 1.82) is 0 Å². The lowest BCUT2D eigenvalue weighted by Crippen LogP contribution is -2.37. The summed E-state index contributed by atoms with van der Waals surface area (Å²) in [7, 11) is -0.580. The Balaban J connectivity index is 1.87. The second-order valence-electron chi connectivity index (χ2n) is 4.46. The van der Waals surface area contributed by atoms with Gasteiger partial charge in [0.2, 0.25) is 0 Å². The monoisotopic (exact) mass is 241 g/mol. The smallest absolute Gasteiger partial charge is 0.120 e. The van der Waals surface area contributed by atoms with Crippen molar-refractivity contribution < 1.29 is 8.63 Å². The topological polar surface area (TPSA) is 42.2 Å². The van der Waals surface area contributed by atoms with Crippen LogP contribution in [0.4, 0.5) is 0 Å². The normalized spacial score (nSPS) is 27.9. The molecule has 2 rings (SSSR count). The molecule has 1 atom stereocenters. The number of aryl methyl sites for hydroxylation is 1. The van der Waals surface area contributed by atoms with E-state index in [1.165, 1.54) is 0 Å². The van der Waals surface area contributed by atoms with Crippen molar-refractivity contribution >= 4 is 10.8 Å². The van der Waals surface area contributed by atoms with Gasteiger partial charge in [-0.1, -0.05) is 0 Å². The van der Waals surface area contributed by atoms with Gasteiger partial charge in [0.15, 0.2) is 0 Å². The van der Waals surface area contributed by atoms with Gasteiger partial charge in [0.1, 0.15) is 11.5 Å². The first-order valence-electron chi connectivity index (χ1n) is 5.82. The molecule has 1 aliphatic rings. The van der Waals surface area contributed by atoms with Crippen LogP contribution in [0, 0.1) is 6.92 Å². The average Bonchev–Trinajstić information content (AvgIpc) is 2.68. The number of nitrogens with one attached hydrogen (secondary N) is 1. The fourth-order valence-electron chi connectivity index (χ4n) is 2.08. The maximum atomic E-state index is 11.2. The van der Waals surface area contributed by atoms with Crippen LogP contribution in [0.25, 0.3) is 0 Å². The summed E-state index contributed by atoms with van der Waals surface area (Å²) in [4.78, 5) is 0. The molecule has 2 heterocycles. The Morgan fingerprint density at radius 3 is 2.69 bits per heavy atom. The molecule has 1 aliphatic heterocycles. The summed E-state index contributed by atoms with van der Waals surface area (Å²) in [5.74, 6) is 3.61. The molecule has 0 aromatic carbocycles. The predicted octanol–water partition coefficient (Wildman–Crippen LogP) is 2.15. The summed E-state index contributed by atoms with van der Waals surface area (Å²) in [5, 5.41) is 3.54. The van der Waals surface area contributed by atoms with Gasteiger partial charge in [-0.05, 0) is 38.8 Å². The van der Waals surface area contributed by atoms with E-state index in [9.17, 15) is 4.21 Å². The first-order valence-corrected chi connectivity index (χ1v) is 7.31. The second kappa shape index (κ2) is 5.15. The van der Waals surface area contributed by atoms with Crippen LogP contribution in [0.15, 0.2) is 16.5 Å². The molecule has 1 aromatic heterocycles. The molecule has 1 fully saturated rings. The van der Waals surface area contributed by atoms with Crippen LogP contribution in [0.3, 0.4) is 0 Å². The lowest BCUT2D eigenvalue weighted by Gasteiger charge is -2.25. The van der Waals surface area contributed by atoms with Crippen LogP contribution in [0.2, 0.25) is 0 Å². The summed E-state index contributed by atoms with van der Waals surface area (Å²) in [6.45, 7) is 4.07. The maximum absolute atomic E-state index is 11.2. The largest absolute Gasteiger partial charge is 0.465 e. The van der Waals surface area contributed by atoms with E-state index < -0.39 is 10.8 Å². The molecule has 1 unspecified atom stereocenters. The standard InChI is InChI=1S/C12H19NO2S/c1-9-3-4-12(15-9)10(2)13-11-5-7-16(14)8-6-11/h3-4,10-11,13H,5-8H2,1-2H3. The minimum Gasteiger partial charge on any atom is -0.465 e. The Morgan fingerprint density at radius 1 is 1.44 bits per heavy atom. The summed E-state index contributed by atoms with van der Waals surface area (Å²) in [6.07, 6.45) is 2.02. The Hall–Kier alpha value is -0.610. The van der Waals surface area contributed by atoms with Crippen LogP contribution in [0.1, 0.15) is 37.3 Å². The molecule has 1 saturated heterocycles. The van der Waals surface area contributed by atoms with Gasteiger partial charge in [0.25, 0.3) is 0 Å². The summed E-state index contributed by atoms with van der Waals surface area (Å²) in [5.41, 5.74) is 0. The maximum Gasteiger partial charge on any atom is 0.120 e. The molecule has 0 spiro atoms. The Kier molecular flexibility index (Phi) is 3.82. The summed E-state index contributed by atoms with van der Waals surface area (Å²) < 4.78 is 16.8. The number of hydrogen-bond donors (Lipinski definition) is 1. The van der Waals surface area contributed by atoms with Gasteiger partial charge in [-0.2, -0.15) is 0 Å². The Bertz CT molecular complexity index is 365. The van der Waals surface area contributed by atoms with Gasteiger partial charge in [-0.3, -0.25) is 4.21 Å². The molecule has 4 heteroatoms. The van der Waals surface area contributed by atoms with E-state index in [2.05, 4.69) is 12.2 Å². The molecular weight excluding hydrogens is 222 g/mol. The SMILES string of the molecule is Cc1ccc(C(C)NC2CCS(=O)CC2)o1. The van der Waals surface area contributed by atoms with E-state index in [4.69, 9.17) is 4.42 Å². The summed E-state index contributed by atoms with van der Waals surface area (Å²) in [6, 6.07) is 4.74. The van der Waals surface area contributed by atoms with Gasteiger partial charge in [0.05, 0.1) is 6.04 Å². The zero-order valence-corrected chi connectivity index (χ0v) is 10.7. The van der Waals surface area contributed by atoms with Crippen molar-refractivity contribution in [2.45, 2.75) is 38.8 Å². The highest BCUT2D eigenvalue weighted by Crippen LogP contribution is 2.19. The molecule has 1 aromatic rings. The highest BCUT2D eigenvalue weighted by atomic mass is 32.2. The Morgan fingerprint density at radius 2 is 2.12 bits per heavy atom. The Labute approximate surface area is 99.1 Å². The third-order valence-electron chi connectivity index (χ3n) is 3.06. The highest BCUT2D eigenvalue weighted by Gasteiger charge is 2.20. The van der Waals surface area contributed by atoms with Crippen LogP contribution in [0.5, 0.6) is 0 Å². The molecule has 0 bridgehead atoms. The van der Waals surface area contributed by atoms with E-state index in [1.807, 2.05) is 19.1 Å². The fourth-order valence-corrected chi connectivity index (χ4v) is 3.38. The number of hydrogen-bond acceptors (Lipinski definition) is 3. The van der Waals surface area contributed by atoms with Gasteiger partial charge < -0.3 is 9.73 Å².